The molecule has 1 aromatic rings. The van der Waals surface area contributed by atoms with E-state index in [4.69, 9.17) is 14.2 Å². The van der Waals surface area contributed by atoms with Crippen molar-refractivity contribution in [2.45, 2.75) is 44.9 Å². The summed E-state index contributed by atoms with van der Waals surface area (Å²) in [4.78, 5) is 26.1. The molecule has 2 fully saturated rings. The number of piperidine rings is 1. The Kier molecular flexibility index (Phi) is 5.70. The summed E-state index contributed by atoms with van der Waals surface area (Å²) in [6.45, 7) is 4.81. The molecule has 0 amide bonds. The fraction of sp³-hybridized carbons (Fsp3) is 0.500. The molecule has 2 heterocycles. The first-order valence-electron chi connectivity index (χ1n) is 9.20. The standard InChI is InChI=1S/C20H26N2O5/c1-20(2)26-18(23)17(19(24)27-20)12-21-14-7-9-16(10-8-14)25-13-15-6-4-5-11-22(15)3/h7-10,12,15,21H,4-6,11,13H2,1-3H3. The number of carbonyl (C=O) groups is 2. The van der Waals surface area contributed by atoms with Crippen molar-refractivity contribution < 1.29 is 23.8 Å². The number of nitrogens with one attached hydrogen (secondary N) is 1. The van der Waals surface area contributed by atoms with Crippen LogP contribution in [0.25, 0.3) is 0 Å². The quantitative estimate of drug-likeness (QED) is 0.482. The minimum absolute atomic E-state index is 0.171. The predicted octanol–water partition coefficient (Wildman–Crippen LogP) is 2.68. The molecule has 3 rings (SSSR count). The van der Waals surface area contributed by atoms with Crippen LogP contribution in [0.1, 0.15) is 33.1 Å². The highest BCUT2D eigenvalue weighted by atomic mass is 16.7. The largest absolute Gasteiger partial charge is 0.492 e. The number of hydrogen-bond acceptors (Lipinski definition) is 7. The van der Waals surface area contributed by atoms with Crippen LogP contribution in [-0.4, -0.2) is 48.9 Å². The Labute approximate surface area is 159 Å². The fourth-order valence-electron chi connectivity index (χ4n) is 3.13. The molecule has 146 valence electrons. The molecule has 7 nitrogen and oxygen atoms in total. The summed E-state index contributed by atoms with van der Waals surface area (Å²) in [5.74, 6) is -1.87. The van der Waals surface area contributed by atoms with Crippen LogP contribution in [-0.2, 0) is 19.1 Å². The number of anilines is 1. The Bertz CT molecular complexity index is 704. The molecule has 0 spiro atoms. The Balaban J connectivity index is 1.54. The molecule has 2 aliphatic heterocycles. The minimum atomic E-state index is -1.24. The fourth-order valence-corrected chi connectivity index (χ4v) is 3.13. The average Bonchev–Trinajstić information content (AvgIpc) is 2.60. The molecule has 27 heavy (non-hydrogen) atoms. The monoisotopic (exact) mass is 374 g/mol. The zero-order chi connectivity index (χ0) is 19.4. The van der Waals surface area contributed by atoms with Crippen LogP contribution in [0.5, 0.6) is 5.75 Å². The molecule has 0 aromatic heterocycles. The second kappa shape index (κ2) is 8.00. The minimum Gasteiger partial charge on any atom is -0.492 e. The van der Waals surface area contributed by atoms with Gasteiger partial charge >= 0.3 is 11.9 Å². The first-order chi connectivity index (χ1) is 12.8. The van der Waals surface area contributed by atoms with Gasteiger partial charge in [0.1, 0.15) is 12.4 Å². The van der Waals surface area contributed by atoms with E-state index in [1.54, 1.807) is 0 Å². The maximum atomic E-state index is 11.9. The molecule has 0 radical (unpaired) electrons. The average molecular weight is 374 g/mol. The van der Waals surface area contributed by atoms with Gasteiger partial charge in [0.15, 0.2) is 5.57 Å². The number of esters is 2. The Hall–Kier alpha value is -2.54. The van der Waals surface area contributed by atoms with E-state index in [-0.39, 0.29) is 5.57 Å². The van der Waals surface area contributed by atoms with Crippen molar-refractivity contribution in [2.75, 3.05) is 25.5 Å². The maximum Gasteiger partial charge on any atom is 0.350 e. The highest BCUT2D eigenvalue weighted by Gasteiger charge is 2.38. The summed E-state index contributed by atoms with van der Waals surface area (Å²) < 4.78 is 16.0. The van der Waals surface area contributed by atoms with E-state index in [0.717, 1.165) is 24.4 Å². The Morgan fingerprint density at radius 1 is 1.19 bits per heavy atom. The molecule has 1 aromatic carbocycles. The summed E-state index contributed by atoms with van der Waals surface area (Å²) in [5.41, 5.74) is 0.546. The highest BCUT2D eigenvalue weighted by Crippen LogP contribution is 2.23. The number of benzene rings is 1. The lowest BCUT2D eigenvalue weighted by Crippen LogP contribution is -2.42. The van der Waals surface area contributed by atoms with E-state index in [2.05, 4.69) is 17.3 Å². The highest BCUT2D eigenvalue weighted by molar-refractivity contribution is 6.15. The van der Waals surface area contributed by atoms with Gasteiger partial charge in [-0.05, 0) is 50.7 Å². The van der Waals surface area contributed by atoms with Crippen molar-refractivity contribution in [3.8, 4) is 5.75 Å². The number of rotatable bonds is 5. The second-order valence-corrected chi connectivity index (χ2v) is 7.35. The Morgan fingerprint density at radius 3 is 2.48 bits per heavy atom. The van der Waals surface area contributed by atoms with Gasteiger partial charge in [-0.1, -0.05) is 6.42 Å². The van der Waals surface area contributed by atoms with Crippen molar-refractivity contribution in [3.05, 3.63) is 36.0 Å². The van der Waals surface area contributed by atoms with E-state index in [9.17, 15) is 9.59 Å². The molecule has 2 saturated heterocycles. The van der Waals surface area contributed by atoms with Crippen molar-refractivity contribution in [3.63, 3.8) is 0 Å². The van der Waals surface area contributed by atoms with Crippen LogP contribution in [0.3, 0.4) is 0 Å². The summed E-state index contributed by atoms with van der Waals surface area (Å²) in [6.07, 6.45) is 4.96. The van der Waals surface area contributed by atoms with Crippen molar-refractivity contribution in [2.24, 2.45) is 0 Å². The van der Waals surface area contributed by atoms with Crippen LogP contribution < -0.4 is 10.1 Å². The van der Waals surface area contributed by atoms with Gasteiger partial charge in [-0.3, -0.25) is 0 Å². The number of ether oxygens (including phenoxy) is 3. The molecule has 1 unspecified atom stereocenters. The number of nitrogens with zero attached hydrogens (tertiary/aromatic N) is 1. The Morgan fingerprint density at radius 2 is 1.85 bits per heavy atom. The molecular formula is C20H26N2O5. The lowest BCUT2D eigenvalue weighted by atomic mass is 10.0. The second-order valence-electron chi connectivity index (χ2n) is 7.35. The van der Waals surface area contributed by atoms with E-state index in [1.807, 2.05) is 24.3 Å². The van der Waals surface area contributed by atoms with Crippen molar-refractivity contribution >= 4 is 17.6 Å². The topological polar surface area (TPSA) is 77.1 Å². The van der Waals surface area contributed by atoms with Gasteiger partial charge in [0, 0.05) is 31.8 Å². The third kappa shape index (κ3) is 5.01. The van der Waals surface area contributed by atoms with E-state index in [0.29, 0.717) is 12.6 Å². The van der Waals surface area contributed by atoms with Gasteiger partial charge < -0.3 is 24.4 Å². The maximum absolute atomic E-state index is 11.9. The number of likely N-dealkylation sites (tertiary alicyclic amines) is 1. The van der Waals surface area contributed by atoms with Gasteiger partial charge in [-0.25, -0.2) is 9.59 Å². The molecule has 1 N–H and O–H groups in total. The zero-order valence-electron chi connectivity index (χ0n) is 16.0. The smallest absolute Gasteiger partial charge is 0.350 e. The lowest BCUT2D eigenvalue weighted by molar-refractivity contribution is -0.222. The first kappa shape index (κ1) is 19.2. The molecule has 0 aliphatic carbocycles. The summed E-state index contributed by atoms with van der Waals surface area (Å²) in [6, 6.07) is 7.80. The van der Waals surface area contributed by atoms with Gasteiger partial charge in [-0.2, -0.15) is 0 Å². The summed E-state index contributed by atoms with van der Waals surface area (Å²) in [7, 11) is 2.14. The molecule has 1 atom stereocenters. The summed E-state index contributed by atoms with van der Waals surface area (Å²) in [5, 5.41) is 2.91. The van der Waals surface area contributed by atoms with Gasteiger partial charge in [0.05, 0.1) is 0 Å². The van der Waals surface area contributed by atoms with E-state index < -0.39 is 17.7 Å². The molecule has 0 bridgehead atoms. The third-order valence-corrected chi connectivity index (χ3v) is 4.72. The lowest BCUT2D eigenvalue weighted by Gasteiger charge is -2.32. The molecule has 0 saturated carbocycles. The summed E-state index contributed by atoms with van der Waals surface area (Å²) >= 11 is 0. The SMILES string of the molecule is CN1CCCCC1COc1ccc(NC=C2C(=O)OC(C)(C)OC2=O)cc1. The van der Waals surface area contributed by atoms with E-state index in [1.165, 1.54) is 32.9 Å². The van der Waals surface area contributed by atoms with Gasteiger partial charge in [-0.15, -0.1) is 0 Å². The van der Waals surface area contributed by atoms with Crippen molar-refractivity contribution in [1.29, 1.82) is 0 Å². The number of likely N-dealkylation sites (N-methyl/N-ethyl adjacent to an activating group) is 1. The van der Waals surface area contributed by atoms with Crippen molar-refractivity contribution in [1.82, 2.24) is 4.90 Å². The molecular weight excluding hydrogens is 348 g/mol. The van der Waals surface area contributed by atoms with Crippen LogP contribution in [0.2, 0.25) is 0 Å². The van der Waals surface area contributed by atoms with Gasteiger partial charge in [0.25, 0.3) is 5.79 Å². The number of cyclic esters (lactones) is 2. The van der Waals surface area contributed by atoms with Crippen LogP contribution >= 0.6 is 0 Å². The normalized spacial score (nSPS) is 22.6. The number of carbonyl (C=O) groups excluding carboxylic acids is 2. The third-order valence-electron chi connectivity index (χ3n) is 4.72. The zero-order valence-corrected chi connectivity index (χ0v) is 16.0. The molecule has 2 aliphatic rings. The predicted molar refractivity (Wildman–Crippen MR) is 100 cm³/mol. The van der Waals surface area contributed by atoms with Crippen LogP contribution in [0, 0.1) is 0 Å². The number of hydrogen-bond donors (Lipinski definition) is 1. The van der Waals surface area contributed by atoms with E-state index >= 15 is 0 Å². The first-order valence-corrected chi connectivity index (χ1v) is 9.20. The van der Waals surface area contributed by atoms with Crippen LogP contribution in [0.4, 0.5) is 5.69 Å². The molecule has 7 heteroatoms. The van der Waals surface area contributed by atoms with Crippen LogP contribution in [0.15, 0.2) is 36.0 Å². The van der Waals surface area contributed by atoms with Gasteiger partial charge in [0.2, 0.25) is 0 Å².